The summed E-state index contributed by atoms with van der Waals surface area (Å²) in [6.45, 7) is 8.10. The summed E-state index contributed by atoms with van der Waals surface area (Å²) in [6, 6.07) is 6.42. The van der Waals surface area contributed by atoms with Crippen molar-refractivity contribution in [2.75, 3.05) is 0 Å². The molecule has 0 aromatic heterocycles. The van der Waals surface area contributed by atoms with Crippen molar-refractivity contribution in [3.05, 3.63) is 51.5 Å². The molecule has 0 spiro atoms. The van der Waals surface area contributed by atoms with E-state index < -0.39 is 0 Å². The molecule has 0 nitrogen and oxygen atoms in total. The Morgan fingerprint density at radius 3 is 2.77 bits per heavy atom. The van der Waals surface area contributed by atoms with Crippen LogP contribution in [0.15, 0.2) is 30.9 Å². The highest BCUT2D eigenvalue weighted by Crippen LogP contribution is 2.24. The molecular weight excluding hydrogens is 271 g/mol. The Morgan fingerprint density at radius 1 is 1.54 bits per heavy atom. The molecule has 0 saturated heterocycles. The first-order valence-corrected chi connectivity index (χ1v) is 5.52. The minimum atomic E-state index is 1.08. The van der Waals surface area contributed by atoms with Crippen LogP contribution in [0.25, 0.3) is 0 Å². The molecule has 1 radical (unpaired) electrons. The second kappa shape index (κ2) is 4.80. The Bertz CT molecular complexity index is 302. The van der Waals surface area contributed by atoms with Crippen LogP contribution in [0.2, 0.25) is 0 Å². The second-order valence-electron chi connectivity index (χ2n) is 3.01. The summed E-state index contributed by atoms with van der Waals surface area (Å²) in [6.07, 6.45) is 3.00. The van der Waals surface area contributed by atoms with E-state index in [1.807, 2.05) is 6.08 Å². The number of allylic oxidation sites excluding steroid dienone is 1. The molecule has 1 heteroatoms. The molecular formula is C12H14I. The molecule has 0 unspecified atom stereocenters. The van der Waals surface area contributed by atoms with Crippen LogP contribution >= 0.6 is 22.6 Å². The van der Waals surface area contributed by atoms with Gasteiger partial charge in [0, 0.05) is 9.49 Å². The van der Waals surface area contributed by atoms with Crippen LogP contribution in [0, 0.1) is 9.49 Å². The third-order valence-electron chi connectivity index (χ3n) is 2.20. The topological polar surface area (TPSA) is 0 Å². The zero-order valence-electron chi connectivity index (χ0n) is 8.10. The third kappa shape index (κ3) is 2.33. The molecule has 0 aliphatic carbocycles. The molecule has 0 bridgehead atoms. The number of halogens is 1. The van der Waals surface area contributed by atoms with E-state index in [1.165, 1.54) is 20.6 Å². The first-order valence-electron chi connectivity index (χ1n) is 4.44. The summed E-state index contributed by atoms with van der Waals surface area (Å²) in [4.78, 5) is 0. The quantitative estimate of drug-likeness (QED) is 0.737. The maximum Gasteiger partial charge on any atom is 0.0233 e. The summed E-state index contributed by atoms with van der Waals surface area (Å²) in [5, 5.41) is 0. The SMILES string of the molecule is C=C[C](C)c1cccc(I)c1CC. The number of rotatable bonds is 3. The minimum Gasteiger partial charge on any atom is -0.102 e. The highest BCUT2D eigenvalue weighted by Gasteiger charge is 2.08. The first kappa shape index (κ1) is 10.8. The summed E-state index contributed by atoms with van der Waals surface area (Å²) in [5.74, 6) is 1.26. The van der Waals surface area contributed by atoms with Crippen LogP contribution < -0.4 is 0 Å². The average Bonchev–Trinajstić information content (AvgIpc) is 2.16. The zero-order valence-corrected chi connectivity index (χ0v) is 10.3. The van der Waals surface area contributed by atoms with Gasteiger partial charge in [-0.3, -0.25) is 0 Å². The fourth-order valence-electron chi connectivity index (χ4n) is 1.40. The van der Waals surface area contributed by atoms with Gasteiger partial charge in [-0.2, -0.15) is 0 Å². The van der Waals surface area contributed by atoms with Crippen molar-refractivity contribution < 1.29 is 0 Å². The fraction of sp³-hybridized carbons (Fsp3) is 0.250. The van der Waals surface area contributed by atoms with E-state index in [2.05, 4.69) is 61.2 Å². The van der Waals surface area contributed by atoms with Crippen LogP contribution in [-0.2, 0) is 6.42 Å². The van der Waals surface area contributed by atoms with Crippen LogP contribution in [0.3, 0.4) is 0 Å². The van der Waals surface area contributed by atoms with E-state index in [1.54, 1.807) is 0 Å². The standard InChI is InChI=1S/C12H14I/c1-4-9(3)11-7-6-8-12(13)10(11)5-2/h4,6-8H,1,5H2,2-3H3. The molecule has 0 heterocycles. The third-order valence-corrected chi connectivity index (χ3v) is 3.21. The van der Waals surface area contributed by atoms with E-state index in [0.29, 0.717) is 0 Å². The molecule has 1 aromatic carbocycles. The fourth-order valence-corrected chi connectivity index (χ4v) is 2.28. The van der Waals surface area contributed by atoms with E-state index in [4.69, 9.17) is 0 Å². The van der Waals surface area contributed by atoms with Gasteiger partial charge in [0.2, 0.25) is 0 Å². The Morgan fingerprint density at radius 2 is 2.23 bits per heavy atom. The summed E-state index contributed by atoms with van der Waals surface area (Å²) < 4.78 is 1.35. The van der Waals surface area contributed by atoms with E-state index in [0.717, 1.165) is 6.42 Å². The molecule has 1 rings (SSSR count). The lowest BCUT2D eigenvalue weighted by Crippen LogP contribution is -1.98. The average molecular weight is 285 g/mol. The van der Waals surface area contributed by atoms with Crippen LogP contribution in [0.1, 0.15) is 25.0 Å². The molecule has 0 atom stereocenters. The van der Waals surface area contributed by atoms with Crippen molar-refractivity contribution in [1.82, 2.24) is 0 Å². The van der Waals surface area contributed by atoms with E-state index in [-0.39, 0.29) is 0 Å². The molecule has 0 saturated carbocycles. The van der Waals surface area contributed by atoms with Gasteiger partial charge in [0.25, 0.3) is 0 Å². The van der Waals surface area contributed by atoms with Crippen LogP contribution in [0.5, 0.6) is 0 Å². The summed E-state index contributed by atoms with van der Waals surface area (Å²) in [5.41, 5.74) is 2.77. The minimum absolute atomic E-state index is 1.08. The molecule has 0 amide bonds. The van der Waals surface area contributed by atoms with Crippen LogP contribution in [0.4, 0.5) is 0 Å². The Balaban J connectivity index is 3.19. The lowest BCUT2D eigenvalue weighted by molar-refractivity contribution is 1.07. The molecule has 0 N–H and O–H groups in total. The highest BCUT2D eigenvalue weighted by molar-refractivity contribution is 14.1. The molecule has 1 aromatic rings. The monoisotopic (exact) mass is 285 g/mol. The molecule has 0 aliphatic heterocycles. The van der Waals surface area contributed by atoms with Gasteiger partial charge in [0.05, 0.1) is 0 Å². The Labute approximate surface area is 94.2 Å². The first-order chi connectivity index (χ1) is 6.20. The van der Waals surface area contributed by atoms with Crippen molar-refractivity contribution >= 4 is 22.6 Å². The molecule has 0 fully saturated rings. The van der Waals surface area contributed by atoms with Gasteiger partial charge < -0.3 is 0 Å². The summed E-state index contributed by atoms with van der Waals surface area (Å²) in [7, 11) is 0. The smallest absolute Gasteiger partial charge is 0.0233 e. The maximum absolute atomic E-state index is 3.80. The van der Waals surface area contributed by atoms with Gasteiger partial charge >= 0.3 is 0 Å². The predicted molar refractivity (Wildman–Crippen MR) is 66.8 cm³/mol. The van der Waals surface area contributed by atoms with Gasteiger partial charge in [0.15, 0.2) is 0 Å². The van der Waals surface area contributed by atoms with E-state index in [9.17, 15) is 0 Å². The molecule has 13 heavy (non-hydrogen) atoms. The van der Waals surface area contributed by atoms with Gasteiger partial charge in [0.1, 0.15) is 0 Å². The largest absolute Gasteiger partial charge is 0.102 e. The number of hydrogen-bond donors (Lipinski definition) is 0. The van der Waals surface area contributed by atoms with Crippen molar-refractivity contribution in [2.24, 2.45) is 0 Å². The van der Waals surface area contributed by atoms with Gasteiger partial charge in [-0.25, -0.2) is 0 Å². The lowest BCUT2D eigenvalue weighted by Gasteiger charge is -2.12. The lowest BCUT2D eigenvalue weighted by atomic mass is 9.95. The van der Waals surface area contributed by atoms with Crippen molar-refractivity contribution in [3.63, 3.8) is 0 Å². The number of hydrogen-bond acceptors (Lipinski definition) is 0. The van der Waals surface area contributed by atoms with Crippen LogP contribution in [-0.4, -0.2) is 0 Å². The van der Waals surface area contributed by atoms with E-state index >= 15 is 0 Å². The molecule has 0 aliphatic rings. The maximum atomic E-state index is 3.80. The summed E-state index contributed by atoms with van der Waals surface area (Å²) >= 11 is 2.39. The highest BCUT2D eigenvalue weighted by atomic mass is 127. The number of benzene rings is 1. The normalized spacial score (nSPS) is 10.5. The second-order valence-corrected chi connectivity index (χ2v) is 4.17. The molecule has 69 valence electrons. The van der Waals surface area contributed by atoms with Gasteiger partial charge in [-0.1, -0.05) is 32.1 Å². The van der Waals surface area contributed by atoms with Gasteiger partial charge in [-0.05, 0) is 46.2 Å². The predicted octanol–water partition coefficient (Wildman–Crippen LogP) is 3.98. The Hall–Kier alpha value is -0.310. The van der Waals surface area contributed by atoms with Gasteiger partial charge in [-0.15, -0.1) is 6.58 Å². The van der Waals surface area contributed by atoms with Crippen molar-refractivity contribution in [1.29, 1.82) is 0 Å². The Kier molecular flexibility index (Phi) is 3.97. The van der Waals surface area contributed by atoms with Crippen molar-refractivity contribution in [3.8, 4) is 0 Å². The van der Waals surface area contributed by atoms with Crippen molar-refractivity contribution in [2.45, 2.75) is 20.3 Å². The zero-order chi connectivity index (χ0) is 9.84.